The van der Waals surface area contributed by atoms with Gasteiger partial charge in [0.05, 0.1) is 6.10 Å². The van der Waals surface area contributed by atoms with Crippen LogP contribution >= 0.6 is 0 Å². The Kier molecular flexibility index (Phi) is 3.18. The van der Waals surface area contributed by atoms with Crippen molar-refractivity contribution in [2.75, 3.05) is 20.2 Å². The molecule has 0 spiro atoms. The van der Waals surface area contributed by atoms with Crippen molar-refractivity contribution in [3.63, 3.8) is 0 Å². The average Bonchev–Trinajstić information content (AvgIpc) is 2.69. The summed E-state index contributed by atoms with van der Waals surface area (Å²) in [4.78, 5) is 2.69. The molecule has 2 saturated heterocycles. The molecule has 2 atom stereocenters. The Hall–Kier alpha value is -0.120. The second kappa shape index (κ2) is 4.63. The fourth-order valence-corrected chi connectivity index (χ4v) is 3.60. The smallest absolute Gasteiger partial charge is 0.0601 e. The number of hydrogen-bond donors (Lipinski definition) is 1. The quantitative estimate of drug-likeness (QED) is 0.784. The van der Waals surface area contributed by atoms with Crippen LogP contribution in [0.15, 0.2) is 0 Å². The van der Waals surface area contributed by atoms with Crippen LogP contribution in [-0.4, -0.2) is 49.3 Å². The van der Waals surface area contributed by atoms with Gasteiger partial charge >= 0.3 is 0 Å². The first-order chi connectivity index (χ1) is 7.85. The van der Waals surface area contributed by atoms with Crippen LogP contribution in [-0.2, 0) is 4.74 Å². The van der Waals surface area contributed by atoms with Crippen molar-refractivity contribution < 1.29 is 4.74 Å². The summed E-state index contributed by atoms with van der Waals surface area (Å²) in [5.41, 5.74) is 0. The molecule has 16 heavy (non-hydrogen) atoms. The Labute approximate surface area is 98.5 Å². The van der Waals surface area contributed by atoms with Crippen LogP contribution in [0.4, 0.5) is 0 Å². The van der Waals surface area contributed by atoms with E-state index >= 15 is 0 Å². The number of hydrogen-bond acceptors (Lipinski definition) is 3. The molecule has 2 heterocycles. The minimum Gasteiger partial charge on any atom is -0.381 e. The number of nitrogens with zero attached hydrogens (tertiary/aromatic N) is 1. The highest BCUT2D eigenvalue weighted by molar-refractivity contribution is 4.93. The fourth-order valence-electron chi connectivity index (χ4n) is 3.60. The number of piperidine rings is 1. The lowest BCUT2D eigenvalue weighted by Crippen LogP contribution is -2.53. The predicted molar refractivity (Wildman–Crippen MR) is 64.6 cm³/mol. The van der Waals surface area contributed by atoms with E-state index in [1.54, 1.807) is 0 Å². The van der Waals surface area contributed by atoms with Crippen LogP contribution in [0.25, 0.3) is 0 Å². The van der Waals surface area contributed by atoms with Crippen molar-refractivity contribution in [2.45, 2.75) is 62.8 Å². The summed E-state index contributed by atoms with van der Waals surface area (Å²) in [5, 5.41) is 3.83. The zero-order chi connectivity index (χ0) is 11.0. The summed E-state index contributed by atoms with van der Waals surface area (Å²) in [6.45, 7) is 2.68. The van der Waals surface area contributed by atoms with Crippen LogP contribution < -0.4 is 5.32 Å². The molecule has 92 valence electrons. The number of rotatable bonds is 3. The molecule has 0 amide bonds. The maximum absolute atomic E-state index is 5.33. The summed E-state index contributed by atoms with van der Waals surface area (Å²) < 4.78 is 5.33. The lowest BCUT2D eigenvalue weighted by molar-refractivity contribution is 0.0102. The second-order valence-electron chi connectivity index (χ2n) is 5.75. The molecule has 2 unspecified atom stereocenters. The van der Waals surface area contributed by atoms with Gasteiger partial charge in [-0.15, -0.1) is 0 Å². The Morgan fingerprint density at radius 1 is 1.06 bits per heavy atom. The number of nitrogens with one attached hydrogen (secondary N) is 1. The van der Waals surface area contributed by atoms with Crippen molar-refractivity contribution >= 4 is 0 Å². The highest BCUT2D eigenvalue weighted by Gasteiger charge is 2.35. The maximum Gasteiger partial charge on any atom is 0.0601 e. The van der Waals surface area contributed by atoms with Crippen molar-refractivity contribution in [1.29, 1.82) is 0 Å². The molecule has 3 heteroatoms. The number of fused-ring (bicyclic) bond motifs is 1. The van der Waals surface area contributed by atoms with Gasteiger partial charge in [0.15, 0.2) is 0 Å². The Bertz CT molecular complexity index is 240. The minimum atomic E-state index is 0.532. The SMILES string of the molecule is COC1CC(NC2CCN3CCCC3C2)C1. The summed E-state index contributed by atoms with van der Waals surface area (Å²) in [7, 11) is 1.83. The van der Waals surface area contributed by atoms with Gasteiger partial charge in [0.2, 0.25) is 0 Å². The zero-order valence-electron chi connectivity index (χ0n) is 10.3. The van der Waals surface area contributed by atoms with E-state index in [0.717, 1.165) is 18.1 Å². The third-order valence-corrected chi connectivity index (χ3v) is 4.72. The largest absolute Gasteiger partial charge is 0.381 e. The van der Waals surface area contributed by atoms with Gasteiger partial charge in [-0.25, -0.2) is 0 Å². The molecule has 1 aliphatic carbocycles. The van der Waals surface area contributed by atoms with Gasteiger partial charge in [0, 0.05) is 25.2 Å². The van der Waals surface area contributed by atoms with E-state index in [1.807, 2.05) is 7.11 Å². The molecule has 3 rings (SSSR count). The van der Waals surface area contributed by atoms with E-state index in [2.05, 4.69) is 10.2 Å². The topological polar surface area (TPSA) is 24.5 Å². The standard InChI is InChI=1S/C13H24N2O/c1-16-13-8-11(9-13)14-10-4-6-15-5-2-3-12(15)7-10/h10-14H,2-9H2,1H3. The lowest BCUT2D eigenvalue weighted by atomic mass is 9.87. The zero-order valence-corrected chi connectivity index (χ0v) is 10.3. The van der Waals surface area contributed by atoms with Crippen molar-refractivity contribution in [3.8, 4) is 0 Å². The van der Waals surface area contributed by atoms with Gasteiger partial charge in [-0.1, -0.05) is 0 Å². The van der Waals surface area contributed by atoms with Gasteiger partial charge in [0.1, 0.15) is 0 Å². The van der Waals surface area contributed by atoms with E-state index in [4.69, 9.17) is 4.74 Å². The molecule has 0 radical (unpaired) electrons. The van der Waals surface area contributed by atoms with Crippen LogP contribution in [0.2, 0.25) is 0 Å². The monoisotopic (exact) mass is 224 g/mol. The maximum atomic E-state index is 5.33. The molecular formula is C13H24N2O. The summed E-state index contributed by atoms with van der Waals surface area (Å²) in [6, 6.07) is 2.41. The first-order valence-electron chi connectivity index (χ1n) is 6.88. The van der Waals surface area contributed by atoms with Crippen LogP contribution in [0.5, 0.6) is 0 Å². The predicted octanol–water partition coefficient (Wildman–Crippen LogP) is 1.38. The molecular weight excluding hydrogens is 200 g/mol. The van der Waals surface area contributed by atoms with Crippen molar-refractivity contribution in [1.82, 2.24) is 10.2 Å². The van der Waals surface area contributed by atoms with Crippen LogP contribution in [0.3, 0.4) is 0 Å². The van der Waals surface area contributed by atoms with Gasteiger partial charge < -0.3 is 15.0 Å². The highest BCUT2D eigenvalue weighted by atomic mass is 16.5. The molecule has 3 fully saturated rings. The summed E-state index contributed by atoms with van der Waals surface area (Å²) in [5.74, 6) is 0. The molecule has 0 aromatic rings. The van der Waals surface area contributed by atoms with Gasteiger partial charge in [-0.05, 0) is 51.6 Å². The fraction of sp³-hybridized carbons (Fsp3) is 1.00. The summed E-state index contributed by atoms with van der Waals surface area (Å²) >= 11 is 0. The molecule has 2 aliphatic heterocycles. The Morgan fingerprint density at radius 3 is 2.75 bits per heavy atom. The van der Waals surface area contributed by atoms with Gasteiger partial charge in [-0.2, -0.15) is 0 Å². The lowest BCUT2D eigenvalue weighted by Gasteiger charge is -2.41. The number of methoxy groups -OCH3 is 1. The van der Waals surface area contributed by atoms with Gasteiger partial charge in [-0.3, -0.25) is 0 Å². The first kappa shape index (κ1) is 11.0. The third-order valence-electron chi connectivity index (χ3n) is 4.72. The molecule has 1 saturated carbocycles. The van der Waals surface area contributed by atoms with E-state index in [1.165, 1.54) is 51.6 Å². The summed E-state index contributed by atoms with van der Waals surface area (Å²) in [6.07, 6.45) is 8.57. The average molecular weight is 224 g/mol. The molecule has 0 aromatic heterocycles. The molecule has 3 aliphatic rings. The third kappa shape index (κ3) is 2.13. The van der Waals surface area contributed by atoms with Crippen molar-refractivity contribution in [2.24, 2.45) is 0 Å². The first-order valence-corrected chi connectivity index (χ1v) is 6.88. The molecule has 3 nitrogen and oxygen atoms in total. The normalized spacial score (nSPS) is 44.1. The highest BCUT2D eigenvalue weighted by Crippen LogP contribution is 2.29. The Morgan fingerprint density at radius 2 is 1.94 bits per heavy atom. The van der Waals surface area contributed by atoms with E-state index in [9.17, 15) is 0 Å². The van der Waals surface area contributed by atoms with Gasteiger partial charge in [0.25, 0.3) is 0 Å². The molecule has 1 N–H and O–H groups in total. The molecule has 0 aromatic carbocycles. The van der Waals surface area contributed by atoms with Crippen LogP contribution in [0.1, 0.15) is 38.5 Å². The van der Waals surface area contributed by atoms with Crippen molar-refractivity contribution in [3.05, 3.63) is 0 Å². The molecule has 0 bridgehead atoms. The second-order valence-corrected chi connectivity index (χ2v) is 5.75. The minimum absolute atomic E-state index is 0.532. The van der Waals surface area contributed by atoms with E-state index < -0.39 is 0 Å². The van der Waals surface area contributed by atoms with Crippen LogP contribution in [0, 0.1) is 0 Å². The van der Waals surface area contributed by atoms with E-state index in [-0.39, 0.29) is 0 Å². The Balaban J connectivity index is 1.43. The number of ether oxygens (including phenoxy) is 1. The van der Waals surface area contributed by atoms with E-state index in [0.29, 0.717) is 6.10 Å².